The highest BCUT2D eigenvalue weighted by atomic mass is 16.6. The van der Waals surface area contributed by atoms with Gasteiger partial charge in [-0.15, -0.1) is 0 Å². The van der Waals surface area contributed by atoms with E-state index in [1.54, 1.807) is 18.2 Å². The van der Waals surface area contributed by atoms with Crippen LogP contribution in [0.15, 0.2) is 30.9 Å². The SMILES string of the molecule is C=CC(=O)NCC(=O)Nc1ccc2c(c1)OCCO2. The molecule has 1 aromatic rings. The number of fused-ring (bicyclic) bond motifs is 1. The number of nitrogens with one attached hydrogen (secondary N) is 2. The summed E-state index contributed by atoms with van der Waals surface area (Å²) in [5, 5.41) is 5.04. The summed E-state index contributed by atoms with van der Waals surface area (Å²) >= 11 is 0. The van der Waals surface area contributed by atoms with Crippen LogP contribution in [0.3, 0.4) is 0 Å². The van der Waals surface area contributed by atoms with Crippen LogP contribution in [0, 0.1) is 0 Å². The maximum atomic E-state index is 11.6. The van der Waals surface area contributed by atoms with E-state index in [2.05, 4.69) is 17.2 Å². The Hall–Kier alpha value is -2.50. The third-order valence-electron chi connectivity index (χ3n) is 2.43. The molecule has 0 saturated heterocycles. The molecule has 0 fully saturated rings. The summed E-state index contributed by atoms with van der Waals surface area (Å²) in [5.74, 6) is 0.535. The van der Waals surface area contributed by atoms with Gasteiger partial charge in [0.1, 0.15) is 13.2 Å². The van der Waals surface area contributed by atoms with E-state index in [-0.39, 0.29) is 12.5 Å². The first-order valence-corrected chi connectivity index (χ1v) is 5.79. The standard InChI is InChI=1S/C13H14N2O4/c1-2-12(16)14-8-13(17)15-9-3-4-10-11(7-9)19-6-5-18-10/h2-4,7H,1,5-6,8H2,(H,14,16)(H,15,17). The van der Waals surface area contributed by atoms with Crippen molar-refractivity contribution < 1.29 is 19.1 Å². The third kappa shape index (κ3) is 3.48. The van der Waals surface area contributed by atoms with Gasteiger partial charge in [-0.25, -0.2) is 0 Å². The Morgan fingerprint density at radius 1 is 1.26 bits per heavy atom. The van der Waals surface area contributed by atoms with Gasteiger partial charge in [-0.1, -0.05) is 6.58 Å². The van der Waals surface area contributed by atoms with Crippen molar-refractivity contribution in [2.45, 2.75) is 0 Å². The Labute approximate surface area is 110 Å². The lowest BCUT2D eigenvalue weighted by Crippen LogP contribution is -2.31. The number of hydrogen-bond acceptors (Lipinski definition) is 4. The smallest absolute Gasteiger partial charge is 0.243 e. The van der Waals surface area contributed by atoms with Gasteiger partial charge in [0.2, 0.25) is 11.8 Å². The van der Waals surface area contributed by atoms with E-state index < -0.39 is 5.91 Å². The number of anilines is 1. The molecular weight excluding hydrogens is 248 g/mol. The van der Waals surface area contributed by atoms with Crippen molar-refractivity contribution in [3.8, 4) is 11.5 Å². The summed E-state index contributed by atoms with van der Waals surface area (Å²) in [6, 6.07) is 5.12. The molecule has 6 nitrogen and oxygen atoms in total. The predicted octanol–water partition coefficient (Wildman–Crippen LogP) is 0.698. The van der Waals surface area contributed by atoms with Gasteiger partial charge in [0.05, 0.1) is 6.54 Å². The number of amides is 2. The minimum Gasteiger partial charge on any atom is -0.486 e. The minimum atomic E-state index is -0.391. The van der Waals surface area contributed by atoms with Crippen LogP contribution in [0.4, 0.5) is 5.69 Å². The Morgan fingerprint density at radius 2 is 2.00 bits per heavy atom. The van der Waals surface area contributed by atoms with Crippen LogP contribution < -0.4 is 20.1 Å². The largest absolute Gasteiger partial charge is 0.486 e. The number of carbonyl (C=O) groups excluding carboxylic acids is 2. The van der Waals surface area contributed by atoms with Crippen molar-refractivity contribution >= 4 is 17.5 Å². The van der Waals surface area contributed by atoms with Gasteiger partial charge in [-0.2, -0.15) is 0 Å². The van der Waals surface area contributed by atoms with Crippen molar-refractivity contribution in [2.75, 3.05) is 25.1 Å². The van der Waals surface area contributed by atoms with Gasteiger partial charge in [0.25, 0.3) is 0 Å². The maximum absolute atomic E-state index is 11.6. The van der Waals surface area contributed by atoms with Crippen molar-refractivity contribution in [2.24, 2.45) is 0 Å². The average Bonchev–Trinajstić information content (AvgIpc) is 2.44. The summed E-state index contributed by atoms with van der Waals surface area (Å²) in [6.45, 7) is 4.19. The molecule has 1 aromatic carbocycles. The zero-order chi connectivity index (χ0) is 13.7. The molecule has 1 heterocycles. The Morgan fingerprint density at radius 3 is 2.74 bits per heavy atom. The Balaban J connectivity index is 1.93. The molecular formula is C13H14N2O4. The predicted molar refractivity (Wildman–Crippen MR) is 69.3 cm³/mol. The van der Waals surface area contributed by atoms with E-state index >= 15 is 0 Å². The minimum absolute atomic E-state index is 0.112. The summed E-state index contributed by atoms with van der Waals surface area (Å²) in [7, 11) is 0. The highest BCUT2D eigenvalue weighted by molar-refractivity contribution is 5.96. The molecule has 2 rings (SSSR count). The summed E-state index contributed by atoms with van der Waals surface area (Å²) in [6.07, 6.45) is 1.11. The van der Waals surface area contributed by atoms with Crippen LogP contribution in [0.1, 0.15) is 0 Å². The van der Waals surface area contributed by atoms with Gasteiger partial charge < -0.3 is 20.1 Å². The average molecular weight is 262 g/mol. The fraction of sp³-hybridized carbons (Fsp3) is 0.231. The lowest BCUT2D eigenvalue weighted by Gasteiger charge is -2.19. The molecule has 100 valence electrons. The second-order valence-corrected chi connectivity index (χ2v) is 3.83. The van der Waals surface area contributed by atoms with E-state index in [4.69, 9.17) is 9.47 Å². The first kappa shape index (κ1) is 12.9. The molecule has 6 heteroatoms. The fourth-order valence-electron chi connectivity index (χ4n) is 1.57. The molecule has 19 heavy (non-hydrogen) atoms. The first-order valence-electron chi connectivity index (χ1n) is 5.79. The van der Waals surface area contributed by atoms with Gasteiger partial charge in [0.15, 0.2) is 11.5 Å². The number of hydrogen-bond donors (Lipinski definition) is 2. The van der Waals surface area contributed by atoms with Gasteiger partial charge in [-0.3, -0.25) is 9.59 Å². The molecule has 1 aliphatic rings. The van der Waals surface area contributed by atoms with E-state index in [1.807, 2.05) is 0 Å². The van der Waals surface area contributed by atoms with E-state index in [1.165, 1.54) is 0 Å². The summed E-state index contributed by atoms with van der Waals surface area (Å²) in [4.78, 5) is 22.5. The molecule has 1 aliphatic heterocycles. The Bertz CT molecular complexity index is 513. The first-order chi connectivity index (χ1) is 9.19. The topological polar surface area (TPSA) is 76.7 Å². The second kappa shape index (κ2) is 5.90. The number of rotatable bonds is 4. The van der Waals surface area contributed by atoms with Crippen LogP contribution in [0.25, 0.3) is 0 Å². The normalized spacial score (nSPS) is 12.4. The molecule has 2 amide bonds. The van der Waals surface area contributed by atoms with Crippen molar-refractivity contribution in [3.05, 3.63) is 30.9 Å². The zero-order valence-corrected chi connectivity index (χ0v) is 10.3. The number of ether oxygens (including phenoxy) is 2. The van der Waals surface area contributed by atoms with Gasteiger partial charge in [-0.05, 0) is 18.2 Å². The highest BCUT2D eigenvalue weighted by Crippen LogP contribution is 2.32. The van der Waals surface area contributed by atoms with E-state index in [0.717, 1.165) is 6.08 Å². The van der Waals surface area contributed by atoms with Gasteiger partial charge >= 0.3 is 0 Å². The van der Waals surface area contributed by atoms with Crippen LogP contribution in [-0.2, 0) is 9.59 Å². The monoisotopic (exact) mass is 262 g/mol. The molecule has 0 aliphatic carbocycles. The Kier molecular flexibility index (Phi) is 4.02. The maximum Gasteiger partial charge on any atom is 0.243 e. The zero-order valence-electron chi connectivity index (χ0n) is 10.3. The third-order valence-corrected chi connectivity index (χ3v) is 2.43. The number of benzene rings is 1. The van der Waals surface area contributed by atoms with Gasteiger partial charge in [0, 0.05) is 11.8 Å². The fourth-order valence-corrected chi connectivity index (χ4v) is 1.57. The summed E-state index contributed by atoms with van der Waals surface area (Å²) < 4.78 is 10.8. The molecule has 0 unspecified atom stereocenters. The quantitative estimate of drug-likeness (QED) is 0.783. The molecule has 0 aromatic heterocycles. The van der Waals surface area contributed by atoms with Crippen LogP contribution in [0.2, 0.25) is 0 Å². The highest BCUT2D eigenvalue weighted by Gasteiger charge is 2.12. The van der Waals surface area contributed by atoms with Crippen LogP contribution >= 0.6 is 0 Å². The van der Waals surface area contributed by atoms with Crippen molar-refractivity contribution in [1.29, 1.82) is 0 Å². The number of carbonyl (C=O) groups is 2. The lowest BCUT2D eigenvalue weighted by molar-refractivity contribution is -0.121. The lowest BCUT2D eigenvalue weighted by atomic mass is 10.2. The molecule has 0 bridgehead atoms. The second-order valence-electron chi connectivity index (χ2n) is 3.83. The van der Waals surface area contributed by atoms with Crippen LogP contribution in [-0.4, -0.2) is 31.6 Å². The molecule has 0 spiro atoms. The van der Waals surface area contributed by atoms with E-state index in [0.29, 0.717) is 30.4 Å². The summed E-state index contributed by atoms with van der Waals surface area (Å²) in [5.41, 5.74) is 0.585. The van der Waals surface area contributed by atoms with E-state index in [9.17, 15) is 9.59 Å². The molecule has 2 N–H and O–H groups in total. The van der Waals surface area contributed by atoms with Crippen molar-refractivity contribution in [3.63, 3.8) is 0 Å². The molecule has 0 atom stereocenters. The van der Waals surface area contributed by atoms with Crippen molar-refractivity contribution in [1.82, 2.24) is 5.32 Å². The molecule has 0 saturated carbocycles. The van der Waals surface area contributed by atoms with Crippen LogP contribution in [0.5, 0.6) is 11.5 Å². The molecule has 0 radical (unpaired) electrons.